The summed E-state index contributed by atoms with van der Waals surface area (Å²) in [5.74, 6) is 2.53. The van der Waals surface area contributed by atoms with Crippen molar-refractivity contribution in [2.45, 2.75) is 296 Å². The van der Waals surface area contributed by atoms with Crippen LogP contribution < -0.4 is 0 Å². The van der Waals surface area contributed by atoms with Crippen molar-refractivity contribution in [1.29, 1.82) is 0 Å². The minimum atomic E-state index is -0.851. The first-order valence-corrected chi connectivity index (χ1v) is 30.3. The molecule has 0 aromatic carbocycles. The second-order valence-electron chi connectivity index (χ2n) is 26.3. The molecule has 448 valence electrons. The molecule has 0 aromatic rings. The average molecular weight is 1090 g/mol. The summed E-state index contributed by atoms with van der Waals surface area (Å²) in [6.45, 7) is 27.5. The van der Waals surface area contributed by atoms with Crippen molar-refractivity contribution >= 4 is 52.4 Å². The van der Waals surface area contributed by atoms with E-state index in [1.54, 1.807) is 27.7 Å². The number of rotatable bonds is 16. The Labute approximate surface area is 469 Å². The van der Waals surface area contributed by atoms with E-state index in [9.17, 15) is 48.3 Å². The van der Waals surface area contributed by atoms with Crippen molar-refractivity contribution in [2.24, 2.45) is 58.2 Å². The lowest BCUT2D eigenvalue weighted by Crippen LogP contribution is -2.29. The molecule has 0 aromatic heterocycles. The number of carbonyl (C=O) groups is 9. The number of hydrogen-bond donors (Lipinski definition) is 2. The van der Waals surface area contributed by atoms with Gasteiger partial charge in [-0.15, -0.1) is 0 Å². The van der Waals surface area contributed by atoms with Crippen LogP contribution in [0, 0.1) is 58.2 Å². The lowest BCUT2D eigenvalue weighted by Gasteiger charge is -2.28. The highest BCUT2D eigenvalue weighted by atomic mass is 16.5. The molecule has 5 fully saturated rings. The molecule has 0 bridgehead atoms. The molecule has 5 rings (SSSR count). The lowest BCUT2D eigenvalue weighted by atomic mass is 9.77. The highest BCUT2D eigenvalue weighted by Gasteiger charge is 2.31. The standard InChI is InChI=1S/C16H28O3.C11H18O3.C10H18O.C9H16O2.C9H16O.C7H14O.C3H6O/c1-12(17)14(13-8-6-5-7-9-13)10-15(18)19-11-16(2,3)4;1-8(12)10(7-11(13)14)9-5-3-2-4-6-9;1-8(9(2)11)10-6-4-3-5-7-10;1-7(10)9(11)8-5-3-2-4-6-8;1-8(10)7-9-5-3-2-4-6-9;1-6(8)5-7(2,3)4;1-3(2)4/h13-14H,5-11H2,1-4H3;9-10H,2-7H2,1H3,(H,13,14);8,10H,3-7H2,1-2H3;8-9,11H,2-6H2,1H3;9H,2-7H2,1H3;5H2,1-4H3;1-2H3/t14-;10-;8-;9-;;;/m1111.../s1. The second kappa shape index (κ2) is 42.5. The smallest absolute Gasteiger partial charge is 0.306 e. The van der Waals surface area contributed by atoms with E-state index in [1.807, 2.05) is 20.8 Å². The lowest BCUT2D eigenvalue weighted by molar-refractivity contribution is -0.150. The van der Waals surface area contributed by atoms with Crippen molar-refractivity contribution in [2.75, 3.05) is 6.61 Å². The summed E-state index contributed by atoms with van der Waals surface area (Å²) in [6, 6.07) is 0. The van der Waals surface area contributed by atoms with Crippen LogP contribution in [0.4, 0.5) is 0 Å². The Bertz CT molecular complexity index is 1650. The summed E-state index contributed by atoms with van der Waals surface area (Å²) in [6.07, 6.45) is 31.4. The molecule has 0 spiro atoms. The minimum Gasteiger partial charge on any atom is -0.481 e. The van der Waals surface area contributed by atoms with E-state index in [-0.39, 0.29) is 76.3 Å². The first-order valence-electron chi connectivity index (χ1n) is 30.3. The Balaban J connectivity index is 0. The Kier molecular flexibility index (Phi) is 41.7. The van der Waals surface area contributed by atoms with Crippen LogP contribution in [-0.4, -0.2) is 75.3 Å². The zero-order chi connectivity index (χ0) is 59.3. The van der Waals surface area contributed by atoms with Crippen LogP contribution >= 0.6 is 0 Å². The number of esters is 1. The highest BCUT2D eigenvalue weighted by Crippen LogP contribution is 2.35. The van der Waals surface area contributed by atoms with Crippen LogP contribution in [0.15, 0.2) is 0 Å². The summed E-state index contributed by atoms with van der Waals surface area (Å²) < 4.78 is 5.29. The number of ketones is 7. The third kappa shape index (κ3) is 43.1. The fourth-order valence-corrected chi connectivity index (χ4v) is 11.4. The molecule has 0 aliphatic heterocycles. The van der Waals surface area contributed by atoms with Gasteiger partial charge in [-0.1, -0.05) is 158 Å². The van der Waals surface area contributed by atoms with Crippen molar-refractivity contribution in [3.63, 3.8) is 0 Å². The van der Waals surface area contributed by atoms with Gasteiger partial charge in [0.05, 0.1) is 19.4 Å². The van der Waals surface area contributed by atoms with Crippen molar-refractivity contribution in [3.05, 3.63) is 0 Å². The van der Waals surface area contributed by atoms with Gasteiger partial charge in [-0.2, -0.15) is 0 Å². The molecule has 12 nitrogen and oxygen atoms in total. The fraction of sp³-hybridized carbons (Fsp3) is 0.862. The monoisotopic (exact) mass is 1090 g/mol. The molecule has 0 amide bonds. The molecule has 0 heterocycles. The topological polar surface area (TPSA) is 203 Å². The van der Waals surface area contributed by atoms with Gasteiger partial charge in [0.25, 0.3) is 0 Å². The molecule has 12 heteroatoms. The summed E-state index contributed by atoms with van der Waals surface area (Å²) in [4.78, 5) is 98.0. The summed E-state index contributed by atoms with van der Waals surface area (Å²) in [5.41, 5.74) is 0.151. The van der Waals surface area contributed by atoms with Crippen LogP contribution in [0.3, 0.4) is 0 Å². The Morgan fingerprint density at radius 1 is 0.442 bits per heavy atom. The van der Waals surface area contributed by atoms with Gasteiger partial charge in [-0.25, -0.2) is 0 Å². The maximum Gasteiger partial charge on any atom is 0.306 e. The zero-order valence-corrected chi connectivity index (χ0v) is 51.9. The number of Topliss-reactive ketones (excluding diaryl/α,β-unsaturated/α-hetero) is 7. The third-order valence-corrected chi connectivity index (χ3v) is 15.5. The van der Waals surface area contributed by atoms with Gasteiger partial charge in [0.2, 0.25) is 0 Å². The van der Waals surface area contributed by atoms with Crippen molar-refractivity contribution in [3.8, 4) is 0 Å². The Morgan fingerprint density at radius 2 is 0.779 bits per heavy atom. The predicted molar refractivity (Wildman–Crippen MR) is 311 cm³/mol. The number of aliphatic hydroxyl groups is 1. The number of ether oxygens (including phenoxy) is 1. The maximum absolute atomic E-state index is 11.9. The number of carbonyl (C=O) groups excluding carboxylic acids is 8. The van der Waals surface area contributed by atoms with Crippen LogP contribution in [0.25, 0.3) is 0 Å². The molecule has 5 aliphatic rings. The fourth-order valence-electron chi connectivity index (χ4n) is 11.4. The molecule has 77 heavy (non-hydrogen) atoms. The highest BCUT2D eigenvalue weighted by molar-refractivity contribution is 5.84. The first kappa shape index (κ1) is 75.7. The van der Waals surface area contributed by atoms with E-state index in [0.29, 0.717) is 48.3 Å². The average Bonchev–Trinajstić information content (AvgIpc) is 3.34. The van der Waals surface area contributed by atoms with Gasteiger partial charge in [0, 0.05) is 30.6 Å². The Morgan fingerprint density at radius 3 is 1.05 bits per heavy atom. The van der Waals surface area contributed by atoms with Gasteiger partial charge >= 0.3 is 11.9 Å². The molecule has 0 radical (unpaired) electrons. The number of hydrogen-bond acceptors (Lipinski definition) is 11. The molecular weight excluding hydrogens is 973 g/mol. The number of aliphatic carboxylic acids is 1. The molecule has 2 N–H and O–H groups in total. The van der Waals surface area contributed by atoms with Crippen molar-refractivity contribution in [1.82, 2.24) is 0 Å². The SMILES string of the molecule is CC(=O)CC(C)(C)C.CC(=O)CC1CCCCC1.CC(=O)[C@@H](C)C1CCCCC1.CC(=O)[C@@H](CC(=O)O)C1CCCCC1.CC(=O)[C@@H](CC(=O)OCC(C)(C)C)C1CCCCC1.CC(=O)[C@@H](O)C1CCCCC1.CC(C)=O. The van der Waals surface area contributed by atoms with Gasteiger partial charge in [0.1, 0.15) is 40.8 Å². The maximum atomic E-state index is 11.9. The van der Waals surface area contributed by atoms with Crippen LogP contribution in [0.1, 0.15) is 290 Å². The van der Waals surface area contributed by atoms with Gasteiger partial charge in [-0.05, 0) is 147 Å². The first-order chi connectivity index (χ1) is 35.8. The molecule has 4 atom stereocenters. The molecular formula is C65H116O12. The number of carboxylic acids is 1. The van der Waals surface area contributed by atoms with Crippen molar-refractivity contribution < 1.29 is 58.1 Å². The summed E-state index contributed by atoms with van der Waals surface area (Å²) in [5, 5.41) is 18.1. The van der Waals surface area contributed by atoms with E-state index in [1.165, 1.54) is 137 Å². The Hall–Kier alpha value is -3.41. The molecule has 0 unspecified atom stereocenters. The van der Waals surface area contributed by atoms with Gasteiger partial charge < -0.3 is 29.3 Å². The van der Waals surface area contributed by atoms with E-state index in [0.717, 1.165) is 63.7 Å². The van der Waals surface area contributed by atoms with Gasteiger partial charge in [0.15, 0.2) is 5.78 Å². The van der Waals surface area contributed by atoms with Crippen LogP contribution in [0.2, 0.25) is 0 Å². The molecule has 5 aliphatic carbocycles. The van der Waals surface area contributed by atoms with Crippen LogP contribution in [0.5, 0.6) is 0 Å². The largest absolute Gasteiger partial charge is 0.481 e. The quantitative estimate of drug-likeness (QED) is 0.139. The molecule has 0 saturated heterocycles. The molecule has 5 saturated carbocycles. The summed E-state index contributed by atoms with van der Waals surface area (Å²) >= 11 is 0. The minimum absolute atomic E-state index is 0.0139. The zero-order valence-electron chi connectivity index (χ0n) is 51.9. The number of aliphatic hydroxyl groups excluding tert-OH is 1. The third-order valence-electron chi connectivity index (χ3n) is 15.5. The normalized spacial score (nSPS) is 19.2. The predicted octanol–water partition coefficient (Wildman–Crippen LogP) is 15.5. The van der Waals surface area contributed by atoms with E-state index in [2.05, 4.69) is 27.7 Å². The van der Waals surface area contributed by atoms with Gasteiger partial charge in [-0.3, -0.25) is 28.8 Å². The second-order valence-corrected chi connectivity index (χ2v) is 26.3. The van der Waals surface area contributed by atoms with E-state index in [4.69, 9.17) is 9.84 Å². The van der Waals surface area contributed by atoms with Crippen LogP contribution in [-0.2, 0) is 47.9 Å². The van der Waals surface area contributed by atoms with E-state index < -0.39 is 12.1 Å². The summed E-state index contributed by atoms with van der Waals surface area (Å²) in [7, 11) is 0. The number of carboxylic acid groups (broad SMARTS) is 1. The van der Waals surface area contributed by atoms with E-state index >= 15 is 0 Å².